The van der Waals surface area contributed by atoms with Crippen LogP contribution >= 0.6 is 0 Å². The van der Waals surface area contributed by atoms with Crippen molar-refractivity contribution in [2.75, 3.05) is 0 Å². The first-order valence-corrected chi connectivity index (χ1v) is 16.0. The van der Waals surface area contributed by atoms with Crippen LogP contribution in [0.1, 0.15) is 182 Å². The summed E-state index contributed by atoms with van der Waals surface area (Å²) in [5.41, 5.74) is -1.60. The van der Waals surface area contributed by atoms with Gasteiger partial charge >= 0.3 is 5.91 Å². The zero-order valence-corrected chi connectivity index (χ0v) is 26.9. The Bertz CT molecular complexity index is 526. The van der Waals surface area contributed by atoms with Gasteiger partial charge in [0.2, 0.25) is 5.78 Å². The molecule has 0 saturated carbocycles. The van der Waals surface area contributed by atoms with E-state index in [9.17, 15) is 14.7 Å². The molecular formula is C32H64BrNO3. The summed E-state index contributed by atoms with van der Waals surface area (Å²) in [5.74, 6) is -0.533. The predicted molar refractivity (Wildman–Crippen MR) is 154 cm³/mol. The molecule has 222 valence electrons. The lowest BCUT2D eigenvalue weighted by molar-refractivity contribution is -0.684. The molecule has 0 aliphatic rings. The van der Waals surface area contributed by atoms with Gasteiger partial charge < -0.3 is 22.1 Å². The van der Waals surface area contributed by atoms with E-state index in [0.29, 0.717) is 12.8 Å². The van der Waals surface area contributed by atoms with Crippen molar-refractivity contribution in [2.45, 2.75) is 188 Å². The van der Waals surface area contributed by atoms with Crippen LogP contribution in [0.15, 0.2) is 0 Å². The summed E-state index contributed by atoms with van der Waals surface area (Å²) in [7, 11) is 0. The molecule has 0 aromatic rings. The Balaban J connectivity index is 0. The molecule has 0 saturated heterocycles. The van der Waals surface area contributed by atoms with E-state index in [2.05, 4.69) is 13.8 Å². The zero-order chi connectivity index (χ0) is 26.9. The molecule has 0 radical (unpaired) electrons. The second-order valence-electron chi connectivity index (χ2n) is 11.6. The third-order valence-electron chi connectivity index (χ3n) is 7.74. The predicted octanol–water partition coefficient (Wildman–Crippen LogP) is 5.40. The van der Waals surface area contributed by atoms with Crippen molar-refractivity contribution in [1.29, 1.82) is 0 Å². The van der Waals surface area contributed by atoms with Crippen molar-refractivity contribution >= 4 is 11.7 Å². The van der Waals surface area contributed by atoms with Crippen molar-refractivity contribution in [2.24, 2.45) is 5.92 Å². The van der Waals surface area contributed by atoms with Gasteiger partial charge in [-0.15, -0.1) is 0 Å². The molecule has 4 nitrogen and oxygen atoms in total. The Morgan fingerprint density at radius 1 is 0.568 bits per heavy atom. The lowest BCUT2D eigenvalue weighted by Gasteiger charge is -2.27. The Kier molecular flexibility index (Phi) is 28.7. The van der Waals surface area contributed by atoms with Gasteiger partial charge in [-0.05, 0) is 12.8 Å². The van der Waals surface area contributed by atoms with Crippen molar-refractivity contribution in [3.05, 3.63) is 0 Å². The van der Waals surface area contributed by atoms with Crippen molar-refractivity contribution in [3.8, 4) is 0 Å². The van der Waals surface area contributed by atoms with Gasteiger partial charge in [-0.25, -0.2) is 10.1 Å². The lowest BCUT2D eigenvalue weighted by Crippen LogP contribution is -3.03. The minimum Gasteiger partial charge on any atom is -1.00 e. The Morgan fingerprint density at radius 2 is 0.865 bits per heavy atom. The summed E-state index contributed by atoms with van der Waals surface area (Å²) >= 11 is 0. The molecule has 0 heterocycles. The molecular weight excluding hydrogens is 526 g/mol. The van der Waals surface area contributed by atoms with Crippen LogP contribution < -0.4 is 22.3 Å². The van der Waals surface area contributed by atoms with E-state index in [1.165, 1.54) is 114 Å². The first-order valence-electron chi connectivity index (χ1n) is 16.0. The summed E-state index contributed by atoms with van der Waals surface area (Å²) in [5, 5.41) is 12.4. The van der Waals surface area contributed by atoms with Crippen molar-refractivity contribution in [3.63, 3.8) is 0 Å². The molecule has 37 heavy (non-hydrogen) atoms. The Morgan fingerprint density at radius 3 is 1.19 bits per heavy atom. The SMILES string of the molecule is CCCCCCCCCCCCCC(=O)[NH2+]C(O)(C(=O)CCCCCCCCCCCCC)C(C)C.[Br-]. The number of aliphatic hydroxyl groups is 1. The highest BCUT2D eigenvalue weighted by molar-refractivity contribution is 5.86. The number of hydrogen-bond donors (Lipinski definition) is 2. The van der Waals surface area contributed by atoms with Crippen LogP contribution in [-0.2, 0) is 9.59 Å². The minimum atomic E-state index is -1.60. The van der Waals surface area contributed by atoms with Crippen LogP contribution in [0.2, 0.25) is 0 Å². The fourth-order valence-corrected chi connectivity index (χ4v) is 5.00. The normalized spacial score (nSPS) is 12.9. The van der Waals surface area contributed by atoms with Crippen LogP contribution in [0.5, 0.6) is 0 Å². The molecule has 5 heteroatoms. The average molecular weight is 591 g/mol. The maximum Gasteiger partial charge on any atom is 0.313 e. The lowest BCUT2D eigenvalue weighted by atomic mass is 9.91. The molecule has 0 aromatic heterocycles. The molecule has 1 unspecified atom stereocenters. The molecule has 0 aliphatic carbocycles. The summed E-state index contributed by atoms with van der Waals surface area (Å²) in [6.45, 7) is 8.18. The van der Waals surface area contributed by atoms with Crippen LogP contribution in [0.25, 0.3) is 0 Å². The van der Waals surface area contributed by atoms with Crippen molar-refractivity contribution in [1.82, 2.24) is 0 Å². The van der Waals surface area contributed by atoms with E-state index in [0.717, 1.165) is 32.1 Å². The molecule has 0 rings (SSSR count). The van der Waals surface area contributed by atoms with E-state index >= 15 is 0 Å². The van der Waals surface area contributed by atoms with E-state index in [1.54, 1.807) is 0 Å². The number of hydrogen-bond acceptors (Lipinski definition) is 3. The van der Waals surface area contributed by atoms with Gasteiger partial charge in [0.25, 0.3) is 5.72 Å². The molecule has 0 fully saturated rings. The fourth-order valence-electron chi connectivity index (χ4n) is 5.00. The fraction of sp³-hybridized carbons (Fsp3) is 0.938. The third kappa shape index (κ3) is 22.3. The molecule has 1 atom stereocenters. The smallest absolute Gasteiger partial charge is 0.313 e. The number of rotatable bonds is 27. The minimum absolute atomic E-state index is 0. The van der Waals surface area contributed by atoms with E-state index in [-0.39, 0.29) is 34.6 Å². The molecule has 0 aromatic carbocycles. The zero-order valence-electron chi connectivity index (χ0n) is 25.3. The summed E-state index contributed by atoms with van der Waals surface area (Å²) < 4.78 is 0. The van der Waals surface area contributed by atoms with Gasteiger partial charge in [-0.2, -0.15) is 0 Å². The number of carbonyl (C=O) groups excluding carboxylic acids is 2. The summed E-state index contributed by atoms with van der Waals surface area (Å²) in [6, 6.07) is 0. The highest BCUT2D eigenvalue weighted by atomic mass is 79.9. The van der Waals surface area contributed by atoms with Gasteiger partial charge in [-0.3, -0.25) is 4.79 Å². The van der Waals surface area contributed by atoms with Crippen molar-refractivity contribution < 1.29 is 37.0 Å². The monoisotopic (exact) mass is 589 g/mol. The van der Waals surface area contributed by atoms with Crippen LogP contribution in [0.4, 0.5) is 0 Å². The summed E-state index contributed by atoms with van der Waals surface area (Å²) in [4.78, 5) is 25.3. The number of halogens is 1. The average Bonchev–Trinajstić information content (AvgIpc) is 2.85. The number of quaternary nitrogens is 1. The number of primary amides is 1. The van der Waals surface area contributed by atoms with Gasteiger partial charge in [0.05, 0.1) is 6.42 Å². The molecule has 1 amide bonds. The highest BCUT2D eigenvalue weighted by Gasteiger charge is 2.44. The Hall–Kier alpha value is -0.260. The first kappa shape index (κ1) is 38.9. The van der Waals surface area contributed by atoms with Gasteiger partial charge in [0, 0.05) is 12.3 Å². The number of Topliss-reactive ketones (excluding diaryl/α,β-unsaturated/α-hetero) is 1. The number of amides is 1. The van der Waals surface area contributed by atoms with Gasteiger partial charge in [-0.1, -0.05) is 156 Å². The Labute approximate surface area is 241 Å². The van der Waals surface area contributed by atoms with E-state index in [4.69, 9.17) is 0 Å². The largest absolute Gasteiger partial charge is 1.00 e. The standard InChI is InChI=1S/C32H63NO3.BrH/c1-5-7-9-11-13-15-17-19-21-23-25-27-30(34)32(36,29(3)4)33-31(35)28-26-24-22-20-18-16-14-12-10-8-6-2;/h29,36H,5-28H2,1-4H3,(H,33,35);1H. The second-order valence-corrected chi connectivity index (χ2v) is 11.6. The molecule has 0 spiro atoms. The highest BCUT2D eigenvalue weighted by Crippen LogP contribution is 2.17. The maximum absolute atomic E-state index is 12.8. The van der Waals surface area contributed by atoms with Crippen LogP contribution in [-0.4, -0.2) is 22.5 Å². The van der Waals surface area contributed by atoms with E-state index < -0.39 is 5.72 Å². The maximum atomic E-state index is 12.8. The molecule has 0 bridgehead atoms. The number of ketones is 1. The topological polar surface area (TPSA) is 71.0 Å². The number of unbranched alkanes of at least 4 members (excludes halogenated alkanes) is 20. The summed E-state index contributed by atoms with van der Waals surface area (Å²) in [6.07, 6.45) is 28.1. The van der Waals surface area contributed by atoms with E-state index in [1.807, 2.05) is 13.8 Å². The molecule has 0 aliphatic heterocycles. The second kappa shape index (κ2) is 27.3. The third-order valence-corrected chi connectivity index (χ3v) is 7.74. The van der Waals surface area contributed by atoms with Gasteiger partial charge in [0.15, 0.2) is 0 Å². The van der Waals surface area contributed by atoms with Crippen LogP contribution in [0, 0.1) is 5.92 Å². The molecule has 3 N–H and O–H groups in total. The number of carbonyl (C=O) groups is 2. The number of nitrogens with two attached hydrogens (primary N) is 1. The van der Waals surface area contributed by atoms with Crippen LogP contribution in [0.3, 0.4) is 0 Å². The quantitative estimate of drug-likeness (QED) is 0.0995. The van der Waals surface area contributed by atoms with Gasteiger partial charge in [0.1, 0.15) is 0 Å². The first-order chi connectivity index (χ1) is 17.4.